The Bertz CT molecular complexity index is 1040. The molecule has 1 N–H and O–H groups in total. The molecule has 0 radical (unpaired) electrons. The maximum atomic E-state index is 12.7. The van der Waals surface area contributed by atoms with Gasteiger partial charge in [-0.1, -0.05) is 36.3 Å². The molecule has 0 spiro atoms. The molecule has 2 aromatic carbocycles. The van der Waals surface area contributed by atoms with Crippen molar-refractivity contribution in [2.75, 3.05) is 23.4 Å². The molecule has 5 nitrogen and oxygen atoms in total. The molecule has 2 amide bonds. The minimum Gasteiger partial charge on any atom is -0.488 e. The Morgan fingerprint density at radius 3 is 2.82 bits per heavy atom. The summed E-state index contributed by atoms with van der Waals surface area (Å²) in [5.41, 5.74) is 3.69. The van der Waals surface area contributed by atoms with Crippen LogP contribution in [0.15, 0.2) is 66.9 Å². The van der Waals surface area contributed by atoms with Gasteiger partial charge in [-0.05, 0) is 47.9 Å². The molecule has 1 aliphatic rings. The van der Waals surface area contributed by atoms with Crippen molar-refractivity contribution in [1.29, 1.82) is 0 Å². The Labute approximate surface area is 164 Å². The topological polar surface area (TPSA) is 54.5 Å². The number of rotatable bonds is 3. The molecule has 28 heavy (non-hydrogen) atoms. The van der Waals surface area contributed by atoms with E-state index in [9.17, 15) is 4.79 Å². The third-order valence-electron chi connectivity index (χ3n) is 4.49. The second-order valence-corrected chi connectivity index (χ2v) is 6.48. The number of hydrogen-bond donors (Lipinski definition) is 1. The Morgan fingerprint density at radius 1 is 1.14 bits per heavy atom. The Morgan fingerprint density at radius 2 is 2.00 bits per heavy atom. The molecule has 0 saturated carbocycles. The number of amides is 2. The van der Waals surface area contributed by atoms with Crippen LogP contribution in [0.2, 0.25) is 0 Å². The van der Waals surface area contributed by atoms with Gasteiger partial charge in [-0.2, -0.15) is 0 Å². The Balaban J connectivity index is 1.54. The van der Waals surface area contributed by atoms with Crippen LogP contribution in [0, 0.1) is 12.3 Å². The highest BCUT2D eigenvalue weighted by atomic mass is 16.5. The van der Waals surface area contributed by atoms with Gasteiger partial charge in [0, 0.05) is 17.4 Å². The summed E-state index contributed by atoms with van der Waals surface area (Å²) in [5.74, 6) is 3.79. The van der Waals surface area contributed by atoms with Crippen molar-refractivity contribution in [3.8, 4) is 18.1 Å². The summed E-state index contributed by atoms with van der Waals surface area (Å²) in [6.45, 7) is 0.870. The molecular weight excluding hydrogens is 350 g/mol. The zero-order valence-electron chi connectivity index (χ0n) is 15.3. The van der Waals surface area contributed by atoms with Crippen LogP contribution in [0.5, 0.6) is 5.75 Å². The fourth-order valence-electron chi connectivity index (χ4n) is 3.15. The number of pyridine rings is 1. The van der Waals surface area contributed by atoms with Crippen molar-refractivity contribution in [3.05, 3.63) is 83.6 Å². The SMILES string of the molecule is C#Cc1cccc(Cc2cnc3c(c2)OCCN3C(=O)Nc2ccccc2)c1. The van der Waals surface area contributed by atoms with E-state index in [4.69, 9.17) is 11.2 Å². The lowest BCUT2D eigenvalue weighted by molar-refractivity contribution is 0.249. The second-order valence-electron chi connectivity index (χ2n) is 6.48. The molecule has 1 aromatic heterocycles. The highest BCUT2D eigenvalue weighted by Crippen LogP contribution is 2.31. The molecule has 1 aliphatic heterocycles. The number of para-hydroxylation sites is 1. The van der Waals surface area contributed by atoms with E-state index in [0.29, 0.717) is 31.1 Å². The van der Waals surface area contributed by atoms with Crippen molar-refractivity contribution in [1.82, 2.24) is 4.98 Å². The third kappa shape index (κ3) is 3.81. The van der Waals surface area contributed by atoms with Crippen molar-refractivity contribution < 1.29 is 9.53 Å². The standard InChI is InChI=1S/C23H19N3O2/c1-2-17-7-6-8-18(13-17)14-19-15-21-22(24-16-19)26(11-12-28-21)23(27)25-20-9-4-3-5-10-20/h1,3-10,13,15-16H,11-12,14H2,(H,25,27). The number of anilines is 2. The molecule has 3 aromatic rings. The summed E-state index contributed by atoms with van der Waals surface area (Å²) in [6, 6.07) is 18.9. The summed E-state index contributed by atoms with van der Waals surface area (Å²) in [7, 11) is 0. The number of carbonyl (C=O) groups excluding carboxylic acids is 1. The van der Waals surface area contributed by atoms with E-state index in [1.165, 1.54) is 0 Å². The third-order valence-corrected chi connectivity index (χ3v) is 4.49. The van der Waals surface area contributed by atoms with Crippen LogP contribution < -0.4 is 15.0 Å². The normalized spacial score (nSPS) is 12.5. The fraction of sp³-hybridized carbons (Fsp3) is 0.130. The first kappa shape index (κ1) is 17.6. The van der Waals surface area contributed by atoms with E-state index in [0.717, 1.165) is 22.4 Å². The number of ether oxygens (including phenoxy) is 1. The van der Waals surface area contributed by atoms with Crippen LogP contribution in [0.25, 0.3) is 0 Å². The molecule has 2 heterocycles. The van der Waals surface area contributed by atoms with Gasteiger partial charge >= 0.3 is 6.03 Å². The fourth-order valence-corrected chi connectivity index (χ4v) is 3.15. The van der Waals surface area contributed by atoms with Gasteiger partial charge in [0.15, 0.2) is 11.6 Å². The predicted octanol–water partition coefficient (Wildman–Crippen LogP) is 4.08. The molecule has 0 unspecified atom stereocenters. The van der Waals surface area contributed by atoms with Gasteiger partial charge in [0.25, 0.3) is 0 Å². The number of carbonyl (C=O) groups is 1. The molecule has 0 fully saturated rings. The first-order valence-electron chi connectivity index (χ1n) is 9.04. The van der Waals surface area contributed by atoms with Crippen molar-refractivity contribution in [2.45, 2.75) is 6.42 Å². The highest BCUT2D eigenvalue weighted by Gasteiger charge is 2.25. The average molecular weight is 369 g/mol. The van der Waals surface area contributed by atoms with Crippen LogP contribution in [-0.4, -0.2) is 24.2 Å². The number of nitrogens with one attached hydrogen (secondary N) is 1. The number of benzene rings is 2. The second kappa shape index (κ2) is 7.85. The number of terminal acetylenes is 1. The van der Waals surface area contributed by atoms with Crippen LogP contribution >= 0.6 is 0 Å². The summed E-state index contributed by atoms with van der Waals surface area (Å²) in [5, 5.41) is 2.89. The zero-order valence-corrected chi connectivity index (χ0v) is 15.3. The molecule has 0 aliphatic carbocycles. The van der Waals surface area contributed by atoms with Gasteiger partial charge in [0.1, 0.15) is 6.61 Å². The highest BCUT2D eigenvalue weighted by molar-refractivity contribution is 6.02. The number of nitrogens with zero attached hydrogens (tertiary/aromatic N) is 2. The molecular formula is C23H19N3O2. The number of fused-ring (bicyclic) bond motifs is 1. The van der Waals surface area contributed by atoms with Gasteiger partial charge in [-0.3, -0.25) is 4.90 Å². The molecule has 0 atom stereocenters. The van der Waals surface area contributed by atoms with E-state index in [-0.39, 0.29) is 6.03 Å². The minimum atomic E-state index is -0.224. The van der Waals surface area contributed by atoms with Gasteiger partial charge < -0.3 is 10.1 Å². The predicted molar refractivity (Wildman–Crippen MR) is 110 cm³/mol. The summed E-state index contributed by atoms with van der Waals surface area (Å²) in [6.07, 6.45) is 7.94. The lowest BCUT2D eigenvalue weighted by Gasteiger charge is -2.28. The lowest BCUT2D eigenvalue weighted by Crippen LogP contribution is -2.41. The molecule has 0 bridgehead atoms. The van der Waals surface area contributed by atoms with Crippen LogP contribution in [0.1, 0.15) is 16.7 Å². The quantitative estimate of drug-likeness (QED) is 0.708. The van der Waals surface area contributed by atoms with E-state index < -0.39 is 0 Å². The van der Waals surface area contributed by atoms with Crippen LogP contribution in [0.3, 0.4) is 0 Å². The van der Waals surface area contributed by atoms with Crippen molar-refractivity contribution >= 4 is 17.5 Å². The summed E-state index contributed by atoms with van der Waals surface area (Å²) in [4.78, 5) is 18.8. The first-order chi connectivity index (χ1) is 13.7. The maximum absolute atomic E-state index is 12.7. The van der Waals surface area contributed by atoms with E-state index >= 15 is 0 Å². The Hall–Kier alpha value is -3.78. The molecule has 138 valence electrons. The zero-order chi connectivity index (χ0) is 19.3. The average Bonchev–Trinajstić information content (AvgIpc) is 2.74. The number of urea groups is 1. The monoisotopic (exact) mass is 369 g/mol. The van der Waals surface area contributed by atoms with Gasteiger partial charge in [-0.25, -0.2) is 9.78 Å². The first-order valence-corrected chi connectivity index (χ1v) is 9.04. The van der Waals surface area contributed by atoms with Gasteiger partial charge in [-0.15, -0.1) is 6.42 Å². The van der Waals surface area contributed by atoms with E-state index in [2.05, 4.69) is 16.2 Å². The van der Waals surface area contributed by atoms with Gasteiger partial charge in [0.05, 0.1) is 6.54 Å². The largest absolute Gasteiger partial charge is 0.488 e. The van der Waals surface area contributed by atoms with E-state index in [1.807, 2.05) is 60.7 Å². The van der Waals surface area contributed by atoms with Crippen LogP contribution in [0.4, 0.5) is 16.3 Å². The minimum absolute atomic E-state index is 0.224. The Kier molecular flexibility index (Phi) is 4.94. The number of aromatic nitrogens is 1. The van der Waals surface area contributed by atoms with Crippen molar-refractivity contribution in [2.24, 2.45) is 0 Å². The smallest absolute Gasteiger partial charge is 0.327 e. The summed E-state index contributed by atoms with van der Waals surface area (Å²) >= 11 is 0. The molecule has 5 heteroatoms. The van der Waals surface area contributed by atoms with Crippen molar-refractivity contribution in [3.63, 3.8) is 0 Å². The van der Waals surface area contributed by atoms with Crippen LogP contribution in [-0.2, 0) is 6.42 Å². The molecule has 4 rings (SSSR count). The maximum Gasteiger partial charge on any atom is 0.327 e. The summed E-state index contributed by atoms with van der Waals surface area (Å²) < 4.78 is 5.76. The lowest BCUT2D eigenvalue weighted by atomic mass is 10.0. The van der Waals surface area contributed by atoms with E-state index in [1.54, 1.807) is 11.1 Å². The van der Waals surface area contributed by atoms with Gasteiger partial charge in [0.2, 0.25) is 0 Å². The number of hydrogen-bond acceptors (Lipinski definition) is 3. The molecule has 0 saturated heterocycles.